The van der Waals surface area contributed by atoms with Crippen LogP contribution in [0.1, 0.15) is 24.1 Å². The minimum Gasteiger partial charge on any atom is -0.489 e. The Morgan fingerprint density at radius 3 is 2.90 bits per heavy atom. The van der Waals surface area contributed by atoms with Crippen molar-refractivity contribution < 1.29 is 9.47 Å². The number of hydrogen-bond donors (Lipinski definition) is 0. The van der Waals surface area contributed by atoms with Crippen molar-refractivity contribution in [3.05, 3.63) is 59.0 Å². The lowest BCUT2D eigenvalue weighted by Gasteiger charge is -2.28. The highest BCUT2D eigenvalue weighted by Crippen LogP contribution is 2.34. The molecule has 0 radical (unpaired) electrons. The van der Waals surface area contributed by atoms with Crippen molar-refractivity contribution in [1.82, 2.24) is 9.97 Å². The molecule has 1 fully saturated rings. The fraction of sp³-hybridized carbons (Fsp3) is 0.364. The van der Waals surface area contributed by atoms with Crippen molar-refractivity contribution in [3.8, 4) is 5.75 Å². The van der Waals surface area contributed by atoms with E-state index in [0.29, 0.717) is 17.8 Å². The van der Waals surface area contributed by atoms with E-state index in [-0.39, 0.29) is 12.4 Å². The van der Waals surface area contributed by atoms with Crippen LogP contribution in [0.15, 0.2) is 42.6 Å². The summed E-state index contributed by atoms with van der Waals surface area (Å²) in [6.45, 7) is 4.20. The third-order valence-corrected chi connectivity index (χ3v) is 5.50. The first kappa shape index (κ1) is 21.6. The van der Waals surface area contributed by atoms with Crippen LogP contribution in [0.3, 0.4) is 0 Å². The number of aryl methyl sites for hydroxylation is 1. The van der Waals surface area contributed by atoms with Gasteiger partial charge in [0.05, 0.1) is 18.2 Å². The van der Waals surface area contributed by atoms with E-state index in [1.807, 2.05) is 31.2 Å². The normalized spacial score (nSPS) is 16.1. The third kappa shape index (κ3) is 4.74. The lowest BCUT2D eigenvalue weighted by molar-refractivity contribution is 0.181. The fourth-order valence-corrected chi connectivity index (χ4v) is 4.03. The van der Waals surface area contributed by atoms with E-state index >= 15 is 0 Å². The topological polar surface area (TPSA) is 47.5 Å². The minimum atomic E-state index is 0. The van der Waals surface area contributed by atoms with Crippen molar-refractivity contribution >= 4 is 40.6 Å². The molecule has 1 aliphatic rings. The van der Waals surface area contributed by atoms with Crippen LogP contribution < -0.4 is 9.64 Å². The van der Waals surface area contributed by atoms with Crippen molar-refractivity contribution in [1.29, 1.82) is 0 Å². The molecular formula is C22H25Cl2N3O2. The quantitative estimate of drug-likeness (QED) is 0.499. The molecule has 3 heterocycles. The summed E-state index contributed by atoms with van der Waals surface area (Å²) in [5.41, 5.74) is 4.02. The molecule has 1 aromatic carbocycles. The highest BCUT2D eigenvalue weighted by molar-refractivity contribution is 6.30. The SMILES string of the molecule is COCC1CCCN1c1cc(C)nc2cc(OCc3cccnc3Cl)ccc12.Cl. The molecule has 0 saturated carbocycles. The van der Waals surface area contributed by atoms with Gasteiger partial charge in [-0.3, -0.25) is 4.98 Å². The second-order valence-electron chi connectivity index (χ2n) is 7.15. The van der Waals surface area contributed by atoms with Gasteiger partial charge in [0.1, 0.15) is 17.5 Å². The Bertz CT molecular complexity index is 983. The number of rotatable bonds is 6. The first-order chi connectivity index (χ1) is 13.7. The summed E-state index contributed by atoms with van der Waals surface area (Å²) in [7, 11) is 1.77. The summed E-state index contributed by atoms with van der Waals surface area (Å²) in [5.74, 6) is 0.770. The molecule has 0 amide bonds. The molecule has 4 rings (SSSR count). The van der Waals surface area contributed by atoms with Gasteiger partial charge < -0.3 is 14.4 Å². The Balaban J connectivity index is 0.00000240. The predicted octanol–water partition coefficient (Wildman–Crippen LogP) is 5.21. The number of aromatic nitrogens is 2. The van der Waals surface area contributed by atoms with E-state index in [9.17, 15) is 0 Å². The first-order valence-electron chi connectivity index (χ1n) is 9.55. The number of halogens is 2. The van der Waals surface area contributed by atoms with Crippen LogP contribution >= 0.6 is 24.0 Å². The summed E-state index contributed by atoms with van der Waals surface area (Å²) >= 11 is 6.12. The molecule has 2 aromatic heterocycles. The highest BCUT2D eigenvalue weighted by atomic mass is 35.5. The van der Waals surface area contributed by atoms with Crippen LogP contribution in [0.2, 0.25) is 5.15 Å². The molecule has 7 heteroatoms. The van der Waals surface area contributed by atoms with Gasteiger partial charge in [0.25, 0.3) is 0 Å². The number of ether oxygens (including phenoxy) is 2. The molecule has 1 unspecified atom stereocenters. The van der Waals surface area contributed by atoms with E-state index < -0.39 is 0 Å². The monoisotopic (exact) mass is 433 g/mol. The van der Waals surface area contributed by atoms with Gasteiger partial charge in [-0.15, -0.1) is 12.4 Å². The molecule has 154 valence electrons. The first-order valence-corrected chi connectivity index (χ1v) is 9.92. The summed E-state index contributed by atoms with van der Waals surface area (Å²) in [5, 5.41) is 1.61. The molecule has 3 aromatic rings. The van der Waals surface area contributed by atoms with Crippen LogP contribution in [0.25, 0.3) is 10.9 Å². The van der Waals surface area contributed by atoms with Gasteiger partial charge in [-0.2, -0.15) is 0 Å². The Labute approximate surface area is 182 Å². The average Bonchev–Trinajstić information content (AvgIpc) is 3.15. The second kappa shape index (κ2) is 9.61. The largest absolute Gasteiger partial charge is 0.489 e. The number of benzene rings is 1. The van der Waals surface area contributed by atoms with E-state index in [2.05, 4.69) is 22.0 Å². The summed E-state index contributed by atoms with van der Waals surface area (Å²) in [4.78, 5) is 11.3. The average molecular weight is 434 g/mol. The molecular weight excluding hydrogens is 409 g/mol. The zero-order chi connectivity index (χ0) is 19.5. The van der Waals surface area contributed by atoms with Gasteiger partial charge in [-0.25, -0.2) is 4.98 Å². The fourth-order valence-electron chi connectivity index (χ4n) is 3.85. The Morgan fingerprint density at radius 1 is 1.24 bits per heavy atom. The third-order valence-electron chi connectivity index (χ3n) is 5.16. The van der Waals surface area contributed by atoms with Gasteiger partial charge in [0.15, 0.2) is 0 Å². The summed E-state index contributed by atoms with van der Waals surface area (Å²) in [6.07, 6.45) is 4.01. The van der Waals surface area contributed by atoms with Crippen LogP contribution in [0.5, 0.6) is 5.75 Å². The van der Waals surface area contributed by atoms with E-state index in [1.54, 1.807) is 13.3 Å². The van der Waals surface area contributed by atoms with E-state index in [0.717, 1.165) is 47.5 Å². The maximum atomic E-state index is 6.12. The number of methoxy groups -OCH3 is 1. The van der Waals surface area contributed by atoms with Crippen molar-refractivity contribution in [2.24, 2.45) is 0 Å². The molecule has 29 heavy (non-hydrogen) atoms. The zero-order valence-electron chi connectivity index (χ0n) is 16.6. The van der Waals surface area contributed by atoms with Gasteiger partial charge in [0.2, 0.25) is 0 Å². The summed E-state index contributed by atoms with van der Waals surface area (Å²) in [6, 6.07) is 12.4. The molecule has 1 atom stereocenters. The Kier molecular flexibility index (Phi) is 7.17. The molecule has 1 aliphatic heterocycles. The van der Waals surface area contributed by atoms with Gasteiger partial charge in [-0.05, 0) is 44.0 Å². The van der Waals surface area contributed by atoms with Crippen LogP contribution in [0, 0.1) is 6.92 Å². The number of pyridine rings is 2. The predicted molar refractivity (Wildman–Crippen MR) is 120 cm³/mol. The van der Waals surface area contributed by atoms with E-state index in [4.69, 9.17) is 26.1 Å². The molecule has 0 aliphatic carbocycles. The van der Waals surface area contributed by atoms with Crippen LogP contribution in [-0.4, -0.2) is 36.3 Å². The Hall–Kier alpha value is -2.08. The van der Waals surface area contributed by atoms with Gasteiger partial charge in [0, 0.05) is 48.2 Å². The zero-order valence-corrected chi connectivity index (χ0v) is 18.2. The minimum absolute atomic E-state index is 0. The van der Waals surface area contributed by atoms with Crippen LogP contribution in [-0.2, 0) is 11.3 Å². The standard InChI is InChI=1S/C22H24ClN3O2.ClH/c1-15-11-21(26-10-4-6-17(26)14-27-2)19-8-7-18(12-20(19)25-15)28-13-16-5-3-9-24-22(16)23;/h3,5,7-9,11-12,17H,4,6,10,13-14H2,1-2H3;1H. The molecule has 1 saturated heterocycles. The smallest absolute Gasteiger partial charge is 0.135 e. The number of anilines is 1. The second-order valence-corrected chi connectivity index (χ2v) is 7.51. The van der Waals surface area contributed by atoms with Crippen LogP contribution in [0.4, 0.5) is 5.69 Å². The summed E-state index contributed by atoms with van der Waals surface area (Å²) < 4.78 is 11.4. The lowest BCUT2D eigenvalue weighted by atomic mass is 10.1. The molecule has 0 N–H and O–H groups in total. The van der Waals surface area contributed by atoms with Gasteiger partial charge >= 0.3 is 0 Å². The van der Waals surface area contributed by atoms with Crippen molar-refractivity contribution in [3.63, 3.8) is 0 Å². The lowest BCUT2D eigenvalue weighted by Crippen LogP contribution is -2.33. The maximum absolute atomic E-state index is 6.12. The van der Waals surface area contributed by atoms with Gasteiger partial charge in [-0.1, -0.05) is 17.7 Å². The number of hydrogen-bond acceptors (Lipinski definition) is 5. The van der Waals surface area contributed by atoms with E-state index in [1.165, 1.54) is 12.1 Å². The molecule has 0 bridgehead atoms. The molecule has 5 nitrogen and oxygen atoms in total. The highest BCUT2D eigenvalue weighted by Gasteiger charge is 2.26. The number of nitrogens with zero attached hydrogens (tertiary/aromatic N) is 3. The van der Waals surface area contributed by atoms with Crippen molar-refractivity contribution in [2.75, 3.05) is 25.2 Å². The maximum Gasteiger partial charge on any atom is 0.135 e. The van der Waals surface area contributed by atoms with Crippen molar-refractivity contribution in [2.45, 2.75) is 32.4 Å². The molecule has 0 spiro atoms. The Morgan fingerprint density at radius 2 is 2.10 bits per heavy atom. The number of fused-ring (bicyclic) bond motifs is 1.